The Morgan fingerprint density at radius 2 is 1.45 bits per heavy atom. The van der Waals surface area contributed by atoms with E-state index >= 15 is 0 Å². The molecule has 0 radical (unpaired) electrons. The molecule has 2 aliphatic heterocycles. The maximum absolute atomic E-state index is 14.0. The van der Waals surface area contributed by atoms with Crippen LogP contribution in [0.1, 0.15) is 78.1 Å². The molecule has 5 saturated carbocycles. The first-order valence-corrected chi connectivity index (χ1v) is 12.9. The van der Waals surface area contributed by atoms with Gasteiger partial charge in [-0.1, -0.05) is 6.92 Å². The van der Waals surface area contributed by atoms with Crippen LogP contribution in [0.2, 0.25) is 0 Å². The molecule has 7 aliphatic rings. The summed E-state index contributed by atoms with van der Waals surface area (Å²) in [7, 11) is 0. The first-order chi connectivity index (χ1) is 14.9. The molecule has 172 valence electrons. The van der Waals surface area contributed by atoms with Gasteiger partial charge in [0.2, 0.25) is 0 Å². The molecule has 0 amide bonds. The van der Waals surface area contributed by atoms with E-state index in [0.717, 1.165) is 51.7 Å². The summed E-state index contributed by atoms with van der Waals surface area (Å²) in [6.07, 6.45) is 11.0. The molecule has 0 aromatic heterocycles. The Kier molecular flexibility index (Phi) is 3.95. The van der Waals surface area contributed by atoms with Crippen molar-refractivity contribution < 1.29 is 23.7 Å². The van der Waals surface area contributed by atoms with E-state index < -0.39 is 5.79 Å². The van der Waals surface area contributed by atoms with Gasteiger partial charge in [0.1, 0.15) is 5.78 Å². The van der Waals surface area contributed by atoms with E-state index in [9.17, 15) is 4.79 Å². The van der Waals surface area contributed by atoms with Crippen molar-refractivity contribution in [3.8, 4) is 0 Å². The minimum absolute atomic E-state index is 0.0165. The van der Waals surface area contributed by atoms with E-state index in [4.69, 9.17) is 18.9 Å². The quantitative estimate of drug-likeness (QED) is 0.614. The Hall–Kier alpha value is -0.490. The molecule has 2 saturated heterocycles. The molecule has 7 fully saturated rings. The maximum atomic E-state index is 14.0. The number of rotatable bonds is 1. The summed E-state index contributed by atoms with van der Waals surface area (Å²) in [5.74, 6) is 2.13. The number of carbonyl (C=O) groups is 1. The molecule has 7 rings (SSSR count). The second-order valence-electron chi connectivity index (χ2n) is 12.5. The minimum Gasteiger partial charge on any atom is -0.348 e. The first kappa shape index (κ1) is 19.9. The fourth-order valence-electron chi connectivity index (χ4n) is 10.1. The molecule has 5 nitrogen and oxygen atoms in total. The number of ether oxygens (including phenoxy) is 4. The van der Waals surface area contributed by atoms with Gasteiger partial charge in [0, 0.05) is 30.6 Å². The third-order valence-electron chi connectivity index (χ3n) is 11.5. The summed E-state index contributed by atoms with van der Waals surface area (Å²) < 4.78 is 24.3. The topological polar surface area (TPSA) is 54.0 Å². The summed E-state index contributed by atoms with van der Waals surface area (Å²) in [5, 5.41) is 0. The van der Waals surface area contributed by atoms with Crippen molar-refractivity contribution in [2.24, 2.45) is 39.9 Å². The fourth-order valence-corrected chi connectivity index (χ4v) is 10.1. The molecule has 0 N–H and O–H groups in total. The average Bonchev–Trinajstić information content (AvgIpc) is 2.99. The predicted molar refractivity (Wildman–Crippen MR) is 113 cm³/mol. The van der Waals surface area contributed by atoms with Gasteiger partial charge in [-0.3, -0.25) is 4.79 Å². The third kappa shape index (κ3) is 2.40. The normalized spacial score (nSPS) is 54.1. The molecule has 5 aliphatic carbocycles. The van der Waals surface area contributed by atoms with Gasteiger partial charge < -0.3 is 18.9 Å². The molecule has 0 bridgehead atoms. The molecule has 3 spiro atoms. The number of Topliss-reactive ketones (excluding diaryl/α,β-unsaturated/α-hetero) is 1. The number of carbonyl (C=O) groups excluding carboxylic acids is 1. The van der Waals surface area contributed by atoms with Gasteiger partial charge in [-0.2, -0.15) is 0 Å². The molecule has 0 aromatic carbocycles. The standard InChI is InChI=1S/C26H38O5/c1-22-13-17(23(2)28-9-10-29-23)3-5-19(22)20-6-4-18-14-25(30-11-12-31-25)8-7-24(18)16-26(20,24)21(27)15-22/h17-20H,3-16H2,1-2H3/t17-,18-,19-,20+,22-,24-,26+/m0/s1. The molecular weight excluding hydrogens is 392 g/mol. The highest BCUT2D eigenvalue weighted by Gasteiger charge is 2.82. The molecule has 7 atom stereocenters. The van der Waals surface area contributed by atoms with E-state index in [0.29, 0.717) is 42.7 Å². The van der Waals surface area contributed by atoms with Crippen molar-refractivity contribution >= 4 is 5.78 Å². The lowest BCUT2D eigenvalue weighted by Crippen LogP contribution is -2.57. The van der Waals surface area contributed by atoms with Crippen LogP contribution in [0.4, 0.5) is 0 Å². The Labute approximate surface area is 185 Å². The second-order valence-corrected chi connectivity index (χ2v) is 12.5. The molecule has 2 heterocycles. The van der Waals surface area contributed by atoms with Crippen LogP contribution in [0, 0.1) is 39.9 Å². The van der Waals surface area contributed by atoms with Gasteiger partial charge in [0.15, 0.2) is 11.6 Å². The van der Waals surface area contributed by atoms with Crippen molar-refractivity contribution in [2.45, 2.75) is 89.6 Å². The SMILES string of the molecule is CC1([C@H]2CC[C@H]3[C@H]4CC[C@H]5CC6(CC[C@]57C[C@]47C(=O)C[C@]3(C)C2)OCCO6)OCCO1. The summed E-state index contributed by atoms with van der Waals surface area (Å²) in [4.78, 5) is 14.0. The highest BCUT2D eigenvalue weighted by atomic mass is 16.7. The van der Waals surface area contributed by atoms with Crippen LogP contribution in [0.15, 0.2) is 0 Å². The van der Waals surface area contributed by atoms with Crippen LogP contribution in [0.5, 0.6) is 0 Å². The Morgan fingerprint density at radius 3 is 2.23 bits per heavy atom. The number of hydrogen-bond donors (Lipinski definition) is 0. The number of fused-ring (bicyclic) bond motifs is 2. The van der Waals surface area contributed by atoms with Crippen LogP contribution in [0.25, 0.3) is 0 Å². The van der Waals surface area contributed by atoms with Gasteiger partial charge in [0.25, 0.3) is 0 Å². The monoisotopic (exact) mass is 430 g/mol. The van der Waals surface area contributed by atoms with E-state index in [1.165, 1.54) is 25.7 Å². The largest absolute Gasteiger partial charge is 0.348 e. The maximum Gasteiger partial charge on any atom is 0.168 e. The molecule has 31 heavy (non-hydrogen) atoms. The van der Waals surface area contributed by atoms with E-state index in [1.807, 2.05) is 0 Å². The zero-order valence-electron chi connectivity index (χ0n) is 19.3. The molecule has 5 heteroatoms. The van der Waals surface area contributed by atoms with Gasteiger partial charge in [-0.15, -0.1) is 0 Å². The highest BCUT2D eigenvalue weighted by Crippen LogP contribution is 2.84. The van der Waals surface area contributed by atoms with E-state index in [-0.39, 0.29) is 22.0 Å². The van der Waals surface area contributed by atoms with Crippen LogP contribution in [-0.4, -0.2) is 43.8 Å². The summed E-state index contributed by atoms with van der Waals surface area (Å²) >= 11 is 0. The van der Waals surface area contributed by atoms with Gasteiger partial charge in [0.05, 0.1) is 26.4 Å². The van der Waals surface area contributed by atoms with Crippen molar-refractivity contribution in [1.82, 2.24) is 0 Å². The molecular formula is C26H38O5. The van der Waals surface area contributed by atoms with Gasteiger partial charge in [-0.25, -0.2) is 0 Å². The van der Waals surface area contributed by atoms with Crippen LogP contribution >= 0.6 is 0 Å². The van der Waals surface area contributed by atoms with Gasteiger partial charge in [-0.05, 0) is 80.5 Å². The van der Waals surface area contributed by atoms with E-state index in [1.54, 1.807) is 0 Å². The molecule has 0 unspecified atom stereocenters. The predicted octanol–water partition coefficient (Wildman–Crippen LogP) is 4.47. The lowest BCUT2D eigenvalue weighted by Gasteiger charge is -2.59. The Balaban J connectivity index is 1.16. The third-order valence-corrected chi connectivity index (χ3v) is 11.5. The zero-order chi connectivity index (χ0) is 21.1. The number of ketones is 1. The summed E-state index contributed by atoms with van der Waals surface area (Å²) in [6.45, 7) is 7.44. The first-order valence-electron chi connectivity index (χ1n) is 12.9. The Morgan fingerprint density at radius 1 is 0.774 bits per heavy atom. The van der Waals surface area contributed by atoms with Crippen molar-refractivity contribution in [3.05, 3.63) is 0 Å². The van der Waals surface area contributed by atoms with Crippen LogP contribution in [0.3, 0.4) is 0 Å². The Bertz CT molecular complexity index is 798. The fraction of sp³-hybridized carbons (Fsp3) is 0.962. The smallest absolute Gasteiger partial charge is 0.168 e. The number of hydrogen-bond acceptors (Lipinski definition) is 5. The van der Waals surface area contributed by atoms with Crippen LogP contribution < -0.4 is 0 Å². The van der Waals surface area contributed by atoms with E-state index in [2.05, 4.69) is 13.8 Å². The lowest BCUT2D eigenvalue weighted by molar-refractivity contribution is -0.220. The molecule has 0 aromatic rings. The van der Waals surface area contributed by atoms with Crippen molar-refractivity contribution in [1.29, 1.82) is 0 Å². The second kappa shape index (κ2) is 6.14. The van der Waals surface area contributed by atoms with Gasteiger partial charge >= 0.3 is 0 Å². The summed E-state index contributed by atoms with van der Waals surface area (Å²) in [6, 6.07) is 0. The average molecular weight is 431 g/mol. The van der Waals surface area contributed by atoms with Crippen molar-refractivity contribution in [3.63, 3.8) is 0 Å². The highest BCUT2D eigenvalue weighted by molar-refractivity contribution is 5.91. The summed E-state index contributed by atoms with van der Waals surface area (Å²) in [5.41, 5.74) is 0.352. The lowest BCUT2D eigenvalue weighted by atomic mass is 9.45. The minimum atomic E-state index is -0.441. The van der Waals surface area contributed by atoms with Crippen molar-refractivity contribution in [2.75, 3.05) is 26.4 Å². The zero-order valence-corrected chi connectivity index (χ0v) is 19.3. The van der Waals surface area contributed by atoms with Crippen LogP contribution in [-0.2, 0) is 23.7 Å².